The first-order valence-electron chi connectivity index (χ1n) is 7.31. The lowest BCUT2D eigenvalue weighted by Crippen LogP contribution is -2.30. The molecule has 1 heterocycles. The van der Waals surface area contributed by atoms with E-state index in [-0.39, 0.29) is 0 Å². The van der Waals surface area contributed by atoms with Gasteiger partial charge in [0, 0.05) is 10.7 Å². The molecule has 1 aliphatic heterocycles. The number of rotatable bonds is 3. The van der Waals surface area contributed by atoms with E-state index in [0.29, 0.717) is 22.0 Å². The smallest absolute Gasteiger partial charge is 0.246 e. The van der Waals surface area contributed by atoms with Crippen molar-refractivity contribution in [3.8, 4) is 5.75 Å². The van der Waals surface area contributed by atoms with E-state index >= 15 is 0 Å². The molecule has 1 amide bonds. The fourth-order valence-corrected chi connectivity index (χ4v) is 4.73. The number of benzene rings is 2. The van der Waals surface area contributed by atoms with Crippen LogP contribution in [0.2, 0.25) is 5.02 Å². The lowest BCUT2D eigenvalue weighted by Gasteiger charge is -2.24. The molecule has 5 nitrogen and oxygen atoms in total. The number of methoxy groups -OCH3 is 1. The van der Waals surface area contributed by atoms with Gasteiger partial charge in [-0.25, -0.2) is 8.42 Å². The van der Waals surface area contributed by atoms with Crippen molar-refractivity contribution in [1.82, 2.24) is 0 Å². The second-order valence-electron chi connectivity index (χ2n) is 5.54. The number of carbonyl (C=O) groups is 1. The summed E-state index contributed by atoms with van der Waals surface area (Å²) >= 11 is 5.89. The van der Waals surface area contributed by atoms with Gasteiger partial charge in [0.15, 0.2) is 15.2 Å². The Hall–Kier alpha value is -2.05. The first-order valence-corrected chi connectivity index (χ1v) is 9.30. The average molecular weight is 366 g/mol. The van der Waals surface area contributed by atoms with Crippen LogP contribution in [0.1, 0.15) is 17.9 Å². The Kier molecular flexibility index (Phi) is 4.27. The molecule has 0 aromatic heterocycles. The Morgan fingerprint density at radius 3 is 2.17 bits per heavy atom. The maximum atomic E-state index is 12.8. The second-order valence-corrected chi connectivity index (χ2v) is 8.31. The van der Waals surface area contributed by atoms with Gasteiger partial charge in [0.05, 0.1) is 7.11 Å². The summed E-state index contributed by atoms with van der Waals surface area (Å²) in [6.45, 7) is 1.42. The summed E-state index contributed by atoms with van der Waals surface area (Å²) < 4.78 is 30.7. The predicted octanol–water partition coefficient (Wildman–Crippen LogP) is 3.20. The van der Waals surface area contributed by atoms with Gasteiger partial charge in [-0.1, -0.05) is 23.7 Å². The van der Waals surface area contributed by atoms with Gasteiger partial charge in [-0.15, -0.1) is 0 Å². The van der Waals surface area contributed by atoms with E-state index in [9.17, 15) is 13.2 Å². The van der Waals surface area contributed by atoms with Gasteiger partial charge < -0.3 is 4.74 Å². The molecule has 2 aromatic rings. The van der Waals surface area contributed by atoms with Crippen molar-refractivity contribution >= 4 is 33.0 Å². The van der Waals surface area contributed by atoms with Crippen LogP contribution in [0.25, 0.3) is 0 Å². The van der Waals surface area contributed by atoms with Gasteiger partial charge in [-0.3, -0.25) is 9.69 Å². The van der Waals surface area contributed by atoms with Gasteiger partial charge >= 0.3 is 0 Å². The third-order valence-electron chi connectivity index (χ3n) is 4.13. The Morgan fingerprint density at radius 1 is 1.04 bits per heavy atom. The topological polar surface area (TPSA) is 63.7 Å². The highest BCUT2D eigenvalue weighted by atomic mass is 35.5. The van der Waals surface area contributed by atoms with E-state index in [4.69, 9.17) is 16.3 Å². The molecule has 24 heavy (non-hydrogen) atoms. The minimum Gasteiger partial charge on any atom is -0.497 e. The zero-order chi connectivity index (χ0) is 17.5. The fraction of sp³-hybridized carbons (Fsp3) is 0.235. The molecule has 0 N–H and O–H groups in total. The molecule has 0 saturated carbocycles. The molecular weight excluding hydrogens is 350 g/mol. The standard InChI is InChI=1S/C17H16ClNO4S/c1-11-16(20)19(14-7-5-13(18)6-8-14)17(24(11,21)22)12-3-9-15(23-2)10-4-12/h3-11,17H,1-2H3/t11-,17-/m1/s1. The van der Waals surface area contributed by atoms with Crippen LogP contribution in [-0.4, -0.2) is 26.7 Å². The predicted molar refractivity (Wildman–Crippen MR) is 93.1 cm³/mol. The van der Waals surface area contributed by atoms with Crippen LogP contribution in [0.4, 0.5) is 5.69 Å². The first kappa shape index (κ1) is 16.8. The third-order valence-corrected chi connectivity index (χ3v) is 6.67. The van der Waals surface area contributed by atoms with Crippen LogP contribution in [0.3, 0.4) is 0 Å². The molecule has 1 fully saturated rings. The Balaban J connectivity index is 2.13. The molecule has 1 saturated heterocycles. The molecule has 2 aromatic carbocycles. The number of halogens is 1. The lowest BCUT2D eigenvalue weighted by molar-refractivity contribution is -0.117. The van der Waals surface area contributed by atoms with Crippen LogP contribution in [0.5, 0.6) is 5.75 Å². The number of anilines is 1. The van der Waals surface area contributed by atoms with Crippen LogP contribution in [-0.2, 0) is 14.6 Å². The molecule has 0 unspecified atom stereocenters. The Bertz CT molecular complexity index is 862. The highest BCUT2D eigenvalue weighted by Crippen LogP contribution is 2.41. The highest BCUT2D eigenvalue weighted by Gasteiger charge is 2.51. The van der Waals surface area contributed by atoms with Gasteiger partial charge in [-0.2, -0.15) is 0 Å². The second kappa shape index (κ2) is 6.11. The number of sulfone groups is 1. The monoisotopic (exact) mass is 365 g/mol. The maximum absolute atomic E-state index is 12.8. The number of carbonyl (C=O) groups excluding carboxylic acids is 1. The Morgan fingerprint density at radius 2 is 1.62 bits per heavy atom. The van der Waals surface area contributed by atoms with Crippen molar-refractivity contribution in [2.75, 3.05) is 12.0 Å². The zero-order valence-electron chi connectivity index (χ0n) is 13.1. The third kappa shape index (κ3) is 2.65. The van der Waals surface area contributed by atoms with Gasteiger partial charge in [0.25, 0.3) is 0 Å². The van der Waals surface area contributed by atoms with Crippen molar-refractivity contribution < 1.29 is 17.9 Å². The zero-order valence-corrected chi connectivity index (χ0v) is 14.7. The largest absolute Gasteiger partial charge is 0.497 e. The maximum Gasteiger partial charge on any atom is 0.246 e. The number of ether oxygens (including phenoxy) is 1. The number of nitrogens with zero attached hydrogens (tertiary/aromatic N) is 1. The summed E-state index contributed by atoms with van der Waals surface area (Å²) in [6, 6.07) is 13.2. The molecule has 1 aliphatic rings. The average Bonchev–Trinajstić information content (AvgIpc) is 2.76. The van der Waals surface area contributed by atoms with Crippen LogP contribution >= 0.6 is 11.6 Å². The van der Waals surface area contributed by atoms with Crippen molar-refractivity contribution in [3.63, 3.8) is 0 Å². The Labute approximate surface area is 145 Å². The van der Waals surface area contributed by atoms with E-state index < -0.39 is 26.4 Å². The molecule has 0 aliphatic carbocycles. The summed E-state index contributed by atoms with van der Waals surface area (Å²) in [5, 5.41) is -1.64. The molecule has 3 rings (SSSR count). The van der Waals surface area contributed by atoms with E-state index in [1.165, 1.54) is 18.9 Å². The summed E-state index contributed by atoms with van der Waals surface area (Å²) in [6.07, 6.45) is 0. The molecule has 0 bridgehead atoms. The molecule has 2 atom stereocenters. The minimum absolute atomic E-state index is 0.446. The summed E-state index contributed by atoms with van der Waals surface area (Å²) in [5.74, 6) is 0.171. The van der Waals surface area contributed by atoms with E-state index in [1.54, 1.807) is 48.5 Å². The van der Waals surface area contributed by atoms with Crippen LogP contribution in [0, 0.1) is 0 Å². The molecule has 126 valence electrons. The van der Waals surface area contributed by atoms with Crippen molar-refractivity contribution in [2.45, 2.75) is 17.5 Å². The molecule has 7 heteroatoms. The summed E-state index contributed by atoms with van der Waals surface area (Å²) in [4.78, 5) is 13.9. The minimum atomic E-state index is -3.69. The summed E-state index contributed by atoms with van der Waals surface area (Å²) in [5.41, 5.74) is 1.02. The fourth-order valence-electron chi connectivity index (χ4n) is 2.76. The first-order chi connectivity index (χ1) is 11.4. The van der Waals surface area contributed by atoms with Gasteiger partial charge in [0.2, 0.25) is 5.91 Å². The highest BCUT2D eigenvalue weighted by molar-refractivity contribution is 7.93. The lowest BCUT2D eigenvalue weighted by atomic mass is 10.1. The van der Waals surface area contributed by atoms with Crippen molar-refractivity contribution in [2.24, 2.45) is 0 Å². The van der Waals surface area contributed by atoms with E-state index in [0.717, 1.165) is 0 Å². The van der Waals surface area contributed by atoms with Gasteiger partial charge in [0.1, 0.15) is 11.0 Å². The molecular formula is C17H16ClNO4S. The van der Waals surface area contributed by atoms with Crippen LogP contribution in [0.15, 0.2) is 48.5 Å². The quantitative estimate of drug-likeness (QED) is 0.837. The number of amides is 1. The summed E-state index contributed by atoms with van der Waals surface area (Å²) in [7, 11) is -2.16. The van der Waals surface area contributed by atoms with Crippen molar-refractivity contribution in [1.29, 1.82) is 0 Å². The normalized spacial score (nSPS) is 22.6. The number of hydrogen-bond acceptors (Lipinski definition) is 4. The van der Waals surface area contributed by atoms with Crippen LogP contribution < -0.4 is 9.64 Å². The van der Waals surface area contributed by atoms with Crippen molar-refractivity contribution in [3.05, 3.63) is 59.1 Å². The molecule has 0 radical (unpaired) electrons. The molecule has 0 spiro atoms. The SMILES string of the molecule is COc1ccc([C@@H]2N(c3ccc(Cl)cc3)C(=O)[C@@H](C)S2(=O)=O)cc1. The van der Waals surface area contributed by atoms with E-state index in [1.807, 2.05) is 0 Å². The van der Waals surface area contributed by atoms with E-state index in [2.05, 4.69) is 0 Å². The number of hydrogen-bond donors (Lipinski definition) is 0. The van der Waals surface area contributed by atoms with Gasteiger partial charge in [-0.05, 0) is 48.9 Å².